The summed E-state index contributed by atoms with van der Waals surface area (Å²) in [5, 5.41) is 3.39. The Balaban J connectivity index is 1.66. The highest BCUT2D eigenvalue weighted by molar-refractivity contribution is 5.90. The van der Waals surface area contributed by atoms with Crippen LogP contribution in [0.3, 0.4) is 0 Å². The molecule has 6 heteroatoms. The summed E-state index contributed by atoms with van der Waals surface area (Å²) in [5.41, 5.74) is 0. The molecule has 3 saturated heterocycles. The smallest absolute Gasteiger partial charge is 0.245 e. The third kappa shape index (κ3) is 6.25. The summed E-state index contributed by atoms with van der Waals surface area (Å²) in [6.45, 7) is 14.3. The van der Waals surface area contributed by atoms with Crippen molar-refractivity contribution < 1.29 is 9.59 Å². The summed E-state index contributed by atoms with van der Waals surface area (Å²) in [6, 6.07) is 0.503. The van der Waals surface area contributed by atoms with Gasteiger partial charge in [-0.3, -0.25) is 9.59 Å². The fourth-order valence-corrected chi connectivity index (χ4v) is 6.19. The second kappa shape index (κ2) is 11.3. The molecule has 0 saturated carbocycles. The van der Waals surface area contributed by atoms with Gasteiger partial charge in [0.25, 0.3) is 0 Å². The van der Waals surface area contributed by atoms with Crippen molar-refractivity contribution >= 4 is 11.8 Å². The fraction of sp³-hybridized carbons (Fsp3) is 0.923. The van der Waals surface area contributed by atoms with Crippen molar-refractivity contribution in [3.05, 3.63) is 0 Å². The molecule has 32 heavy (non-hydrogen) atoms. The van der Waals surface area contributed by atoms with Gasteiger partial charge in [-0.15, -0.1) is 0 Å². The van der Waals surface area contributed by atoms with E-state index in [2.05, 4.69) is 56.8 Å². The van der Waals surface area contributed by atoms with Gasteiger partial charge in [0.1, 0.15) is 6.04 Å². The molecule has 2 unspecified atom stereocenters. The second-order valence-electron chi connectivity index (χ2n) is 11.6. The molecule has 3 heterocycles. The maximum atomic E-state index is 13.8. The number of hydrogen-bond acceptors (Lipinski definition) is 4. The first-order valence-corrected chi connectivity index (χ1v) is 13.2. The van der Waals surface area contributed by atoms with Crippen molar-refractivity contribution in [3.63, 3.8) is 0 Å². The number of nitrogens with one attached hydrogen (secondary N) is 1. The second-order valence-corrected chi connectivity index (χ2v) is 11.6. The van der Waals surface area contributed by atoms with Crippen molar-refractivity contribution in [3.8, 4) is 0 Å². The third-order valence-corrected chi connectivity index (χ3v) is 7.93. The van der Waals surface area contributed by atoms with Gasteiger partial charge in [0.05, 0.1) is 6.04 Å². The number of hydrogen-bond donors (Lipinski definition) is 1. The van der Waals surface area contributed by atoms with Gasteiger partial charge in [-0.25, -0.2) is 0 Å². The molecule has 1 N–H and O–H groups in total. The molecule has 0 aromatic heterocycles. The molecule has 0 aliphatic carbocycles. The van der Waals surface area contributed by atoms with E-state index < -0.39 is 0 Å². The number of rotatable bonds is 8. The molecule has 0 bridgehead atoms. The highest BCUT2D eigenvalue weighted by atomic mass is 16.2. The van der Waals surface area contributed by atoms with Crippen molar-refractivity contribution in [2.45, 2.75) is 104 Å². The van der Waals surface area contributed by atoms with Gasteiger partial charge in [-0.1, -0.05) is 27.7 Å². The lowest BCUT2D eigenvalue weighted by molar-refractivity contribution is -0.152. The summed E-state index contributed by atoms with van der Waals surface area (Å²) in [4.78, 5) is 33.7. The van der Waals surface area contributed by atoms with Crippen LogP contribution in [0.4, 0.5) is 0 Å². The van der Waals surface area contributed by atoms with Crippen LogP contribution in [0.15, 0.2) is 0 Å². The Morgan fingerprint density at radius 2 is 1.84 bits per heavy atom. The van der Waals surface area contributed by atoms with Gasteiger partial charge >= 0.3 is 0 Å². The lowest BCUT2D eigenvalue weighted by Gasteiger charge is -2.44. The first-order chi connectivity index (χ1) is 15.2. The summed E-state index contributed by atoms with van der Waals surface area (Å²) in [5.74, 6) is 1.84. The lowest BCUT2D eigenvalue weighted by Crippen LogP contribution is -2.62. The van der Waals surface area contributed by atoms with Crippen LogP contribution in [-0.4, -0.2) is 83.9 Å². The van der Waals surface area contributed by atoms with E-state index in [1.807, 2.05) is 4.90 Å². The highest BCUT2D eigenvalue weighted by Gasteiger charge is 2.41. The number of carbonyl (C=O) groups is 2. The minimum Gasteiger partial charge on any atom is -0.338 e. The van der Waals surface area contributed by atoms with Crippen LogP contribution in [0.1, 0.15) is 79.6 Å². The normalized spacial score (nSPS) is 31.1. The zero-order valence-electron chi connectivity index (χ0n) is 21.5. The Kier molecular flexibility index (Phi) is 9.02. The van der Waals surface area contributed by atoms with E-state index >= 15 is 0 Å². The number of amides is 2. The number of nitrogens with zero attached hydrogens (tertiary/aromatic N) is 3. The molecule has 6 nitrogen and oxygen atoms in total. The molecule has 3 aliphatic rings. The van der Waals surface area contributed by atoms with E-state index in [9.17, 15) is 9.59 Å². The SMILES string of the molecule is CC(C)C[C@@H]1NCCN([C@@H](CC(C)C)C(=O)N2CCC(CC3CCCN3C)C[C@@H]2C)C1=O. The van der Waals surface area contributed by atoms with Crippen LogP contribution in [0.25, 0.3) is 0 Å². The largest absolute Gasteiger partial charge is 0.338 e. The Hall–Kier alpha value is -1.14. The highest BCUT2D eigenvalue weighted by Crippen LogP contribution is 2.32. The number of piperidine rings is 1. The van der Waals surface area contributed by atoms with Crippen molar-refractivity contribution in [2.75, 3.05) is 33.2 Å². The summed E-state index contributed by atoms with van der Waals surface area (Å²) >= 11 is 0. The molecule has 3 aliphatic heterocycles. The summed E-state index contributed by atoms with van der Waals surface area (Å²) in [7, 11) is 2.26. The van der Waals surface area contributed by atoms with Crippen LogP contribution in [0, 0.1) is 17.8 Å². The Bertz CT molecular complexity index is 637. The number of piperazine rings is 1. The zero-order chi connectivity index (χ0) is 23.4. The molecule has 0 aromatic rings. The van der Waals surface area contributed by atoms with Gasteiger partial charge in [-0.05, 0) is 83.2 Å². The van der Waals surface area contributed by atoms with Crippen molar-refractivity contribution in [2.24, 2.45) is 17.8 Å². The van der Waals surface area contributed by atoms with Gasteiger partial charge in [0.2, 0.25) is 11.8 Å². The molecule has 3 rings (SSSR count). The van der Waals surface area contributed by atoms with E-state index in [-0.39, 0.29) is 29.9 Å². The van der Waals surface area contributed by atoms with Gasteiger partial charge in [0.15, 0.2) is 0 Å². The summed E-state index contributed by atoms with van der Waals surface area (Å²) in [6.07, 6.45) is 7.68. The molecule has 5 atom stereocenters. The van der Waals surface area contributed by atoms with E-state index in [1.165, 1.54) is 25.8 Å². The quantitative estimate of drug-likeness (QED) is 0.619. The predicted molar refractivity (Wildman–Crippen MR) is 130 cm³/mol. The van der Waals surface area contributed by atoms with Crippen LogP contribution in [0.2, 0.25) is 0 Å². The third-order valence-electron chi connectivity index (χ3n) is 7.93. The first kappa shape index (κ1) is 25.5. The Morgan fingerprint density at radius 1 is 1.09 bits per heavy atom. The summed E-state index contributed by atoms with van der Waals surface area (Å²) < 4.78 is 0. The van der Waals surface area contributed by atoms with E-state index in [4.69, 9.17) is 0 Å². The maximum Gasteiger partial charge on any atom is 0.245 e. The van der Waals surface area contributed by atoms with Crippen LogP contribution in [-0.2, 0) is 9.59 Å². The maximum absolute atomic E-state index is 13.8. The zero-order valence-corrected chi connectivity index (χ0v) is 21.5. The van der Waals surface area contributed by atoms with Gasteiger partial charge in [-0.2, -0.15) is 0 Å². The minimum atomic E-state index is -0.320. The topological polar surface area (TPSA) is 55.9 Å². The molecule has 2 amide bonds. The minimum absolute atomic E-state index is 0.121. The monoisotopic (exact) mass is 448 g/mol. The predicted octanol–water partition coefficient (Wildman–Crippen LogP) is 3.36. The van der Waals surface area contributed by atoms with E-state index in [1.54, 1.807) is 0 Å². The fourth-order valence-electron chi connectivity index (χ4n) is 6.19. The van der Waals surface area contributed by atoms with Crippen LogP contribution >= 0.6 is 0 Å². The van der Waals surface area contributed by atoms with Gasteiger partial charge < -0.3 is 20.0 Å². The lowest BCUT2D eigenvalue weighted by atomic mass is 9.85. The molecule has 3 fully saturated rings. The average molecular weight is 449 g/mol. The van der Waals surface area contributed by atoms with Crippen molar-refractivity contribution in [1.29, 1.82) is 0 Å². The number of carbonyl (C=O) groups excluding carboxylic acids is 2. The van der Waals surface area contributed by atoms with Crippen molar-refractivity contribution in [1.82, 2.24) is 20.0 Å². The van der Waals surface area contributed by atoms with E-state index in [0.717, 1.165) is 44.8 Å². The Morgan fingerprint density at radius 3 is 2.44 bits per heavy atom. The average Bonchev–Trinajstić information content (AvgIpc) is 3.11. The molecule has 184 valence electrons. The Labute approximate surface area is 196 Å². The molecular weight excluding hydrogens is 400 g/mol. The first-order valence-electron chi connectivity index (χ1n) is 13.2. The molecule has 0 radical (unpaired) electrons. The van der Waals surface area contributed by atoms with Gasteiger partial charge in [0, 0.05) is 31.7 Å². The molecular formula is C26H48N4O2. The molecule has 0 spiro atoms. The van der Waals surface area contributed by atoms with E-state index in [0.29, 0.717) is 24.3 Å². The number of likely N-dealkylation sites (tertiary alicyclic amines) is 2. The van der Waals surface area contributed by atoms with Crippen LogP contribution in [0.5, 0.6) is 0 Å². The standard InChI is InChI=1S/C26H48N4O2/c1-18(2)14-23-25(31)30(13-10-27-23)24(15-19(3)4)26(32)29-12-9-21(16-20(29)5)17-22-8-7-11-28(22)6/h18-24,27H,7-17H2,1-6H3/t20-,21?,22?,23-,24-/m0/s1. The van der Waals surface area contributed by atoms with Crippen LogP contribution < -0.4 is 5.32 Å². The molecule has 0 aromatic carbocycles.